The molecule has 7 heteroatoms. The highest BCUT2D eigenvalue weighted by Gasteiger charge is 2.45. The predicted octanol–water partition coefficient (Wildman–Crippen LogP) is 3.47. The zero-order chi connectivity index (χ0) is 23.4. The summed E-state index contributed by atoms with van der Waals surface area (Å²) in [7, 11) is 2.15. The molecule has 1 aliphatic carbocycles. The van der Waals surface area contributed by atoms with Crippen molar-refractivity contribution in [3.05, 3.63) is 11.8 Å². The average Bonchev–Trinajstić information content (AvgIpc) is 3.44. The molecule has 178 valence electrons. The molecule has 0 radical (unpaired) electrons. The lowest BCUT2D eigenvalue weighted by molar-refractivity contribution is -0.133. The summed E-state index contributed by atoms with van der Waals surface area (Å²) in [6.45, 7) is 13.2. The van der Waals surface area contributed by atoms with Crippen LogP contribution >= 0.6 is 0 Å². The minimum Gasteiger partial charge on any atom is -0.356 e. The number of carbonyl (C=O) groups is 2. The third-order valence-electron chi connectivity index (χ3n) is 8.40. The van der Waals surface area contributed by atoms with Crippen LogP contribution in [0.25, 0.3) is 0 Å². The van der Waals surface area contributed by atoms with Crippen LogP contribution in [0, 0.1) is 23.7 Å². The number of nitrogens with zero attached hydrogens (tertiary/aromatic N) is 3. The molecular formula is C25H41N5O2. The number of rotatable bonds is 6. The molecule has 0 spiro atoms. The number of fused-ring (bicyclic) bond motifs is 1. The monoisotopic (exact) mass is 443 g/mol. The van der Waals surface area contributed by atoms with E-state index in [-0.39, 0.29) is 41.1 Å². The lowest BCUT2D eigenvalue weighted by Gasteiger charge is -2.44. The molecule has 5 atom stereocenters. The van der Waals surface area contributed by atoms with Gasteiger partial charge in [-0.3, -0.25) is 9.59 Å². The Kier molecular flexibility index (Phi) is 6.05. The van der Waals surface area contributed by atoms with Gasteiger partial charge < -0.3 is 15.5 Å². The van der Waals surface area contributed by atoms with Gasteiger partial charge in [-0.2, -0.15) is 5.10 Å². The van der Waals surface area contributed by atoms with E-state index in [1.165, 1.54) is 12.8 Å². The summed E-state index contributed by atoms with van der Waals surface area (Å²) < 4.78 is 2.05. The maximum Gasteiger partial charge on any atom is 0.227 e. The van der Waals surface area contributed by atoms with Gasteiger partial charge in [0.15, 0.2) is 0 Å². The number of piperidine rings is 1. The van der Waals surface area contributed by atoms with E-state index in [4.69, 9.17) is 0 Å². The summed E-state index contributed by atoms with van der Waals surface area (Å²) in [5.74, 6) is 2.05. The number of amides is 2. The van der Waals surface area contributed by atoms with E-state index in [2.05, 4.69) is 69.2 Å². The van der Waals surface area contributed by atoms with Crippen molar-refractivity contribution in [1.29, 1.82) is 0 Å². The van der Waals surface area contributed by atoms with E-state index < -0.39 is 0 Å². The van der Waals surface area contributed by atoms with Crippen molar-refractivity contribution in [2.45, 2.75) is 90.8 Å². The quantitative estimate of drug-likeness (QED) is 0.706. The van der Waals surface area contributed by atoms with E-state index in [9.17, 15) is 9.59 Å². The number of nitrogens with one attached hydrogen (secondary N) is 2. The molecule has 0 aromatic carbocycles. The fraction of sp³-hybridized carbons (Fsp3) is 0.800. The Morgan fingerprint density at radius 3 is 2.56 bits per heavy atom. The minimum absolute atomic E-state index is 0.0329. The van der Waals surface area contributed by atoms with Crippen LogP contribution in [-0.2, 0) is 9.59 Å². The molecule has 0 bridgehead atoms. The Bertz CT molecular complexity index is 874. The second kappa shape index (κ2) is 8.38. The molecule has 2 N–H and O–H groups in total. The van der Waals surface area contributed by atoms with E-state index in [0.29, 0.717) is 24.4 Å². The smallest absolute Gasteiger partial charge is 0.227 e. The molecule has 7 nitrogen and oxygen atoms in total. The van der Waals surface area contributed by atoms with Gasteiger partial charge in [-0.15, -0.1) is 0 Å². The van der Waals surface area contributed by atoms with Crippen molar-refractivity contribution in [3.63, 3.8) is 0 Å². The SMILES string of the molecule is CC1CC(C)(C(C)C)NC(=O)C1CNC(=O)C1CC(C2CC2)N(C)c2c1cnn2C(C)C. The van der Waals surface area contributed by atoms with E-state index >= 15 is 0 Å². The summed E-state index contributed by atoms with van der Waals surface area (Å²) in [6, 6.07) is 0.612. The highest BCUT2D eigenvalue weighted by molar-refractivity contribution is 5.87. The molecule has 1 aromatic rings. The topological polar surface area (TPSA) is 79.3 Å². The molecule has 1 aromatic heterocycles. The Balaban J connectivity index is 1.49. The summed E-state index contributed by atoms with van der Waals surface area (Å²) in [5, 5.41) is 11.0. The first-order valence-corrected chi connectivity index (χ1v) is 12.4. The first-order valence-electron chi connectivity index (χ1n) is 12.4. The maximum absolute atomic E-state index is 13.4. The standard InChI is InChI=1S/C25H41N5O2/c1-14(2)25(6)11-16(5)19(23(32)28-25)12-26-22(31)18-10-21(17-8-9-17)29(7)24-20(18)13-27-30(24)15(3)4/h13-19,21H,8-12H2,1-7H3,(H,26,31)(H,28,32). The van der Waals surface area contributed by atoms with Gasteiger partial charge >= 0.3 is 0 Å². The molecule has 3 heterocycles. The van der Waals surface area contributed by atoms with E-state index in [1.54, 1.807) is 0 Å². The molecule has 5 unspecified atom stereocenters. The van der Waals surface area contributed by atoms with Gasteiger partial charge in [-0.25, -0.2) is 4.68 Å². The number of hydrogen-bond donors (Lipinski definition) is 2. The normalized spacial score (nSPS) is 32.8. The highest BCUT2D eigenvalue weighted by atomic mass is 16.2. The molecule has 3 aliphatic rings. The number of carbonyl (C=O) groups excluding carboxylic acids is 2. The Hall–Kier alpha value is -2.05. The number of aromatic nitrogens is 2. The van der Waals surface area contributed by atoms with Crippen LogP contribution in [0.3, 0.4) is 0 Å². The fourth-order valence-corrected chi connectivity index (χ4v) is 5.78. The first-order chi connectivity index (χ1) is 15.0. The van der Waals surface area contributed by atoms with Crippen LogP contribution in [0.1, 0.15) is 84.7 Å². The van der Waals surface area contributed by atoms with Crippen LogP contribution in [0.15, 0.2) is 6.20 Å². The van der Waals surface area contributed by atoms with Gasteiger partial charge in [0.25, 0.3) is 0 Å². The van der Waals surface area contributed by atoms with Crippen LogP contribution in [0.5, 0.6) is 0 Å². The minimum atomic E-state index is -0.206. The molecule has 32 heavy (non-hydrogen) atoms. The van der Waals surface area contributed by atoms with Crippen LogP contribution in [-0.4, -0.2) is 46.8 Å². The Labute approximate surface area is 192 Å². The lowest BCUT2D eigenvalue weighted by atomic mass is 9.72. The second-order valence-electron chi connectivity index (χ2n) is 11.4. The number of anilines is 1. The largest absolute Gasteiger partial charge is 0.356 e. The second-order valence-corrected chi connectivity index (χ2v) is 11.4. The van der Waals surface area contributed by atoms with Gasteiger partial charge in [-0.05, 0) is 64.2 Å². The van der Waals surface area contributed by atoms with Crippen molar-refractivity contribution in [2.24, 2.45) is 23.7 Å². The van der Waals surface area contributed by atoms with Gasteiger partial charge in [-0.1, -0.05) is 20.8 Å². The van der Waals surface area contributed by atoms with E-state index in [1.807, 2.05) is 10.9 Å². The maximum atomic E-state index is 13.4. The van der Waals surface area contributed by atoms with Crippen LogP contribution in [0.4, 0.5) is 5.82 Å². The summed E-state index contributed by atoms with van der Waals surface area (Å²) >= 11 is 0. The molecular weight excluding hydrogens is 402 g/mol. The average molecular weight is 444 g/mol. The zero-order valence-corrected chi connectivity index (χ0v) is 20.8. The summed E-state index contributed by atoms with van der Waals surface area (Å²) in [5.41, 5.74) is 0.840. The van der Waals surface area contributed by atoms with E-state index in [0.717, 1.165) is 24.2 Å². The zero-order valence-electron chi connectivity index (χ0n) is 20.8. The van der Waals surface area contributed by atoms with Crippen molar-refractivity contribution in [2.75, 3.05) is 18.5 Å². The molecule has 2 amide bonds. The molecule has 1 saturated carbocycles. The fourth-order valence-electron chi connectivity index (χ4n) is 5.78. The van der Waals surface area contributed by atoms with Gasteiger partial charge in [0, 0.05) is 36.8 Å². The predicted molar refractivity (Wildman–Crippen MR) is 127 cm³/mol. The molecule has 2 aliphatic heterocycles. The summed E-state index contributed by atoms with van der Waals surface area (Å²) in [6.07, 6.45) is 6.11. The van der Waals surface area contributed by atoms with Crippen molar-refractivity contribution < 1.29 is 9.59 Å². The van der Waals surface area contributed by atoms with Gasteiger partial charge in [0.2, 0.25) is 11.8 Å². The van der Waals surface area contributed by atoms with Crippen molar-refractivity contribution >= 4 is 17.6 Å². The highest BCUT2D eigenvalue weighted by Crippen LogP contribution is 2.47. The van der Waals surface area contributed by atoms with Crippen LogP contribution < -0.4 is 15.5 Å². The van der Waals surface area contributed by atoms with Crippen molar-refractivity contribution in [1.82, 2.24) is 20.4 Å². The number of hydrogen-bond acceptors (Lipinski definition) is 4. The van der Waals surface area contributed by atoms with Gasteiger partial charge in [0.05, 0.1) is 18.0 Å². The van der Waals surface area contributed by atoms with Crippen molar-refractivity contribution in [3.8, 4) is 0 Å². The van der Waals surface area contributed by atoms with Crippen LogP contribution in [0.2, 0.25) is 0 Å². The van der Waals surface area contributed by atoms with Gasteiger partial charge in [0.1, 0.15) is 5.82 Å². The lowest BCUT2D eigenvalue weighted by Crippen LogP contribution is -2.60. The Morgan fingerprint density at radius 1 is 1.31 bits per heavy atom. The first kappa shape index (κ1) is 23.1. The molecule has 1 saturated heterocycles. The third-order valence-corrected chi connectivity index (χ3v) is 8.40. The molecule has 2 fully saturated rings. The third kappa shape index (κ3) is 4.03. The summed E-state index contributed by atoms with van der Waals surface area (Å²) in [4.78, 5) is 28.7. The Morgan fingerprint density at radius 2 is 2.00 bits per heavy atom. The molecule has 4 rings (SSSR count).